The van der Waals surface area contributed by atoms with E-state index in [9.17, 15) is 9.59 Å². The lowest BCUT2D eigenvalue weighted by atomic mass is 9.94. The third kappa shape index (κ3) is 3.79. The van der Waals surface area contributed by atoms with Gasteiger partial charge in [0.1, 0.15) is 12.4 Å². The molecule has 26 heavy (non-hydrogen) atoms. The molecule has 1 aliphatic heterocycles. The Hall–Kier alpha value is -3.02. The quantitative estimate of drug-likeness (QED) is 0.861. The average Bonchev–Trinajstić information content (AvgIpc) is 2.99. The molecule has 0 aliphatic carbocycles. The number of aliphatic carboxylic acids is 1. The smallest absolute Gasteiger partial charge is 0.410 e. The number of nitrogens with zero attached hydrogens (tertiary/aromatic N) is 1. The van der Waals surface area contributed by atoms with Crippen LogP contribution in [0.5, 0.6) is 5.75 Å². The number of carbonyl (C=O) groups excluding carboxylic acids is 1. The largest absolute Gasteiger partial charge is 0.496 e. The van der Waals surface area contributed by atoms with Gasteiger partial charge in [-0.15, -0.1) is 0 Å². The maximum absolute atomic E-state index is 11.8. The number of rotatable bonds is 6. The van der Waals surface area contributed by atoms with Crippen molar-refractivity contribution < 1.29 is 24.2 Å². The lowest BCUT2D eigenvalue weighted by molar-refractivity contribution is -0.136. The number of aryl methyl sites for hydroxylation is 1. The first-order valence-corrected chi connectivity index (χ1v) is 8.38. The zero-order chi connectivity index (χ0) is 18.7. The molecule has 0 aromatic heterocycles. The van der Waals surface area contributed by atoms with E-state index in [1.165, 1.54) is 0 Å². The molecule has 0 unspecified atom stereocenters. The van der Waals surface area contributed by atoms with Gasteiger partial charge in [0.05, 0.1) is 20.1 Å². The number of carbonyl (C=O) groups is 2. The minimum atomic E-state index is -0.884. The normalized spacial score (nSPS) is 13.6. The Kier molecular flexibility index (Phi) is 5.11. The Morgan fingerprint density at radius 2 is 2.04 bits per heavy atom. The molecule has 2 aromatic rings. The van der Waals surface area contributed by atoms with E-state index in [0.717, 1.165) is 22.3 Å². The Morgan fingerprint density at radius 1 is 1.23 bits per heavy atom. The number of carboxylic acids is 1. The maximum Gasteiger partial charge on any atom is 0.410 e. The summed E-state index contributed by atoms with van der Waals surface area (Å²) in [6.07, 6.45) is -0.375. The zero-order valence-corrected chi connectivity index (χ0v) is 14.8. The van der Waals surface area contributed by atoms with Gasteiger partial charge in [-0.25, -0.2) is 4.79 Å². The van der Waals surface area contributed by atoms with Crippen molar-refractivity contribution >= 4 is 12.1 Å². The van der Waals surface area contributed by atoms with Crippen LogP contribution in [0, 0.1) is 6.92 Å². The van der Waals surface area contributed by atoms with E-state index in [-0.39, 0.29) is 12.5 Å². The van der Waals surface area contributed by atoms with Crippen LogP contribution >= 0.6 is 0 Å². The number of methoxy groups -OCH3 is 1. The highest BCUT2D eigenvalue weighted by molar-refractivity contribution is 5.77. The van der Waals surface area contributed by atoms with Crippen molar-refractivity contribution in [3.63, 3.8) is 0 Å². The topological polar surface area (TPSA) is 76.1 Å². The lowest BCUT2D eigenvalue weighted by Gasteiger charge is -2.18. The summed E-state index contributed by atoms with van der Waals surface area (Å²) < 4.78 is 10.5. The second kappa shape index (κ2) is 7.47. The highest BCUT2D eigenvalue weighted by Crippen LogP contribution is 2.35. The number of ether oxygens (including phenoxy) is 2. The van der Waals surface area contributed by atoms with Crippen molar-refractivity contribution in [1.29, 1.82) is 0 Å². The molecule has 1 saturated heterocycles. The van der Waals surface area contributed by atoms with Crippen molar-refractivity contribution in [1.82, 2.24) is 4.90 Å². The maximum atomic E-state index is 11.8. The van der Waals surface area contributed by atoms with E-state index in [1.54, 1.807) is 24.1 Å². The fourth-order valence-electron chi connectivity index (χ4n) is 3.14. The second-order valence-corrected chi connectivity index (χ2v) is 6.30. The van der Waals surface area contributed by atoms with Crippen LogP contribution < -0.4 is 4.74 Å². The van der Waals surface area contributed by atoms with Crippen LogP contribution in [0.15, 0.2) is 36.4 Å². The summed E-state index contributed by atoms with van der Waals surface area (Å²) in [4.78, 5) is 24.5. The van der Waals surface area contributed by atoms with Gasteiger partial charge in [-0.1, -0.05) is 29.8 Å². The molecule has 1 aliphatic rings. The predicted molar refractivity (Wildman–Crippen MR) is 96.3 cm³/mol. The molecule has 1 N–H and O–H groups in total. The lowest BCUT2D eigenvalue weighted by Crippen LogP contribution is -2.23. The molecule has 136 valence electrons. The zero-order valence-electron chi connectivity index (χ0n) is 14.8. The summed E-state index contributed by atoms with van der Waals surface area (Å²) in [7, 11) is 1.58. The molecule has 1 heterocycles. The average molecular weight is 355 g/mol. The van der Waals surface area contributed by atoms with Gasteiger partial charge >= 0.3 is 12.1 Å². The van der Waals surface area contributed by atoms with Crippen molar-refractivity contribution in [3.05, 3.63) is 53.1 Å². The Labute approximate surface area is 152 Å². The van der Waals surface area contributed by atoms with Gasteiger partial charge in [-0.2, -0.15) is 0 Å². The number of amides is 1. The van der Waals surface area contributed by atoms with E-state index in [2.05, 4.69) is 0 Å². The number of benzene rings is 2. The first-order chi connectivity index (χ1) is 12.5. The summed E-state index contributed by atoms with van der Waals surface area (Å²) in [6.45, 7) is 3.38. The van der Waals surface area contributed by atoms with Crippen LogP contribution in [0.4, 0.5) is 4.79 Å². The van der Waals surface area contributed by atoms with Gasteiger partial charge in [0, 0.05) is 12.1 Å². The fourth-order valence-corrected chi connectivity index (χ4v) is 3.14. The van der Waals surface area contributed by atoms with Crippen LogP contribution in [0.3, 0.4) is 0 Å². The number of cyclic esters (lactones) is 1. The molecule has 6 nitrogen and oxygen atoms in total. The van der Waals surface area contributed by atoms with Crippen LogP contribution in [-0.4, -0.2) is 42.3 Å². The van der Waals surface area contributed by atoms with Gasteiger partial charge in [-0.05, 0) is 35.7 Å². The minimum absolute atomic E-state index is 0.0589. The van der Waals surface area contributed by atoms with Crippen LogP contribution in [-0.2, 0) is 22.5 Å². The highest BCUT2D eigenvalue weighted by Gasteiger charge is 2.23. The van der Waals surface area contributed by atoms with E-state index in [1.807, 2.05) is 31.2 Å². The van der Waals surface area contributed by atoms with E-state index < -0.39 is 5.97 Å². The molecule has 0 spiro atoms. The van der Waals surface area contributed by atoms with E-state index in [4.69, 9.17) is 14.6 Å². The summed E-state index contributed by atoms with van der Waals surface area (Å²) in [5.41, 5.74) is 4.47. The molecule has 0 bridgehead atoms. The Balaban J connectivity index is 2.05. The first kappa shape index (κ1) is 17.8. The van der Waals surface area contributed by atoms with Crippen LogP contribution in [0.25, 0.3) is 11.1 Å². The summed E-state index contributed by atoms with van der Waals surface area (Å²) in [6, 6.07) is 11.4. The van der Waals surface area contributed by atoms with Crippen molar-refractivity contribution in [2.75, 3.05) is 20.3 Å². The van der Waals surface area contributed by atoms with Crippen LogP contribution in [0.1, 0.15) is 16.7 Å². The van der Waals surface area contributed by atoms with Gasteiger partial charge in [-0.3, -0.25) is 4.79 Å². The molecule has 3 rings (SSSR count). The standard InChI is InChI=1S/C20H21NO5/c1-13-3-5-16(15(9-13)12-21-7-8-26-20(21)24)17-10-14(11-19(22)23)4-6-18(17)25-2/h3-6,9-10H,7-8,11-12H2,1-2H3,(H,22,23). The highest BCUT2D eigenvalue weighted by atomic mass is 16.6. The molecular weight excluding hydrogens is 334 g/mol. The summed E-state index contributed by atoms with van der Waals surface area (Å²) in [5.74, 6) is -0.224. The first-order valence-electron chi connectivity index (χ1n) is 8.38. The number of hydrogen-bond acceptors (Lipinski definition) is 4. The van der Waals surface area contributed by atoms with Crippen molar-refractivity contribution in [2.45, 2.75) is 19.9 Å². The molecule has 1 fully saturated rings. The monoisotopic (exact) mass is 355 g/mol. The van der Waals surface area contributed by atoms with Gasteiger partial charge < -0.3 is 19.5 Å². The molecule has 2 aromatic carbocycles. The molecule has 0 atom stereocenters. The molecule has 6 heteroatoms. The van der Waals surface area contributed by atoms with Crippen molar-refractivity contribution in [3.8, 4) is 16.9 Å². The molecular formula is C20H21NO5. The SMILES string of the molecule is COc1ccc(CC(=O)O)cc1-c1ccc(C)cc1CN1CCOC1=O. The second-order valence-electron chi connectivity index (χ2n) is 6.30. The van der Waals surface area contributed by atoms with Gasteiger partial charge in [0.25, 0.3) is 0 Å². The summed E-state index contributed by atoms with van der Waals surface area (Å²) in [5, 5.41) is 9.08. The minimum Gasteiger partial charge on any atom is -0.496 e. The van der Waals surface area contributed by atoms with Gasteiger partial charge in [0.15, 0.2) is 0 Å². The molecule has 0 radical (unpaired) electrons. The Bertz CT molecular complexity index is 846. The Morgan fingerprint density at radius 3 is 2.69 bits per heavy atom. The van der Waals surface area contributed by atoms with E-state index in [0.29, 0.717) is 31.0 Å². The summed E-state index contributed by atoms with van der Waals surface area (Å²) >= 11 is 0. The third-order valence-electron chi connectivity index (χ3n) is 4.38. The van der Waals surface area contributed by atoms with E-state index >= 15 is 0 Å². The number of carboxylic acid groups (broad SMARTS) is 1. The van der Waals surface area contributed by atoms with Crippen LogP contribution in [0.2, 0.25) is 0 Å². The predicted octanol–water partition coefficient (Wildman–Crippen LogP) is 3.25. The van der Waals surface area contributed by atoms with Gasteiger partial charge in [0.2, 0.25) is 0 Å². The third-order valence-corrected chi connectivity index (χ3v) is 4.38. The molecule has 1 amide bonds. The van der Waals surface area contributed by atoms with Crippen molar-refractivity contribution in [2.24, 2.45) is 0 Å². The fraction of sp³-hybridized carbons (Fsp3) is 0.300. The molecule has 0 saturated carbocycles. The number of hydrogen-bond donors (Lipinski definition) is 1.